The number of carbonyl (C=O) groups excluding carboxylic acids is 1. The second-order valence-corrected chi connectivity index (χ2v) is 9.23. The van der Waals surface area contributed by atoms with Crippen LogP contribution >= 0.6 is 11.3 Å². The standard InChI is InChI=1S/C22H25FN4OS/c1-15(28)27(13-16-5-10-29-14-16)20-12-22(20)6-8-26(9-7-22)21-24-18-4-3-17(23)11-19(18)25(21)2/h3-5,10-11,14,20H,6-9,12-13H2,1-2H3. The molecule has 2 fully saturated rings. The minimum Gasteiger partial charge on any atom is -0.342 e. The van der Waals surface area contributed by atoms with Gasteiger partial charge < -0.3 is 14.4 Å². The fourth-order valence-corrected chi connectivity index (χ4v) is 5.57. The van der Waals surface area contributed by atoms with Crippen molar-refractivity contribution in [3.63, 3.8) is 0 Å². The number of amides is 1. The molecule has 1 spiro atoms. The summed E-state index contributed by atoms with van der Waals surface area (Å²) in [5.74, 6) is 0.831. The number of benzene rings is 1. The highest BCUT2D eigenvalue weighted by Crippen LogP contribution is 2.57. The zero-order valence-electron chi connectivity index (χ0n) is 16.8. The number of carbonyl (C=O) groups is 1. The number of hydrogen-bond donors (Lipinski definition) is 0. The van der Waals surface area contributed by atoms with E-state index in [1.54, 1.807) is 30.4 Å². The van der Waals surface area contributed by atoms with Crippen molar-refractivity contribution in [3.05, 3.63) is 46.4 Å². The zero-order chi connectivity index (χ0) is 20.2. The molecule has 1 aliphatic heterocycles. The van der Waals surface area contributed by atoms with Crippen LogP contribution in [0.25, 0.3) is 11.0 Å². The van der Waals surface area contributed by atoms with E-state index in [9.17, 15) is 9.18 Å². The molecule has 5 rings (SSSR count). The average Bonchev–Trinajstić information content (AvgIpc) is 3.04. The first-order chi connectivity index (χ1) is 14.0. The molecule has 1 saturated carbocycles. The van der Waals surface area contributed by atoms with E-state index in [1.807, 2.05) is 11.6 Å². The summed E-state index contributed by atoms with van der Waals surface area (Å²) < 4.78 is 15.6. The highest BCUT2D eigenvalue weighted by Gasteiger charge is 2.58. The van der Waals surface area contributed by atoms with Crippen molar-refractivity contribution in [2.45, 2.75) is 38.8 Å². The van der Waals surface area contributed by atoms with Gasteiger partial charge in [0.05, 0.1) is 11.0 Å². The van der Waals surface area contributed by atoms with Crippen LogP contribution in [0.15, 0.2) is 35.0 Å². The third-order valence-corrected chi connectivity index (χ3v) is 7.45. The van der Waals surface area contributed by atoms with Crippen LogP contribution in [0.2, 0.25) is 0 Å². The van der Waals surface area contributed by atoms with Gasteiger partial charge in [-0.15, -0.1) is 0 Å². The highest BCUT2D eigenvalue weighted by atomic mass is 32.1. The Balaban J connectivity index is 1.30. The first kappa shape index (κ1) is 18.6. The molecule has 0 radical (unpaired) electrons. The maximum Gasteiger partial charge on any atom is 0.220 e. The van der Waals surface area contributed by atoms with Gasteiger partial charge >= 0.3 is 0 Å². The summed E-state index contributed by atoms with van der Waals surface area (Å²) in [4.78, 5) is 21.4. The number of halogens is 1. The lowest BCUT2D eigenvalue weighted by Crippen LogP contribution is -2.40. The molecule has 3 heterocycles. The van der Waals surface area contributed by atoms with E-state index in [-0.39, 0.29) is 17.1 Å². The normalized spacial score (nSPS) is 20.4. The van der Waals surface area contributed by atoms with Crippen LogP contribution in [0.3, 0.4) is 0 Å². The number of fused-ring (bicyclic) bond motifs is 1. The van der Waals surface area contributed by atoms with Gasteiger partial charge in [0.15, 0.2) is 0 Å². The Morgan fingerprint density at radius 1 is 1.34 bits per heavy atom. The molecule has 1 aliphatic carbocycles. The number of aromatic nitrogens is 2. The van der Waals surface area contributed by atoms with Gasteiger partial charge in [-0.25, -0.2) is 9.37 Å². The largest absolute Gasteiger partial charge is 0.342 e. The van der Waals surface area contributed by atoms with Gasteiger partial charge in [0, 0.05) is 39.6 Å². The van der Waals surface area contributed by atoms with E-state index in [4.69, 9.17) is 4.98 Å². The van der Waals surface area contributed by atoms with E-state index in [0.717, 1.165) is 49.3 Å². The molecule has 2 aromatic heterocycles. The second-order valence-electron chi connectivity index (χ2n) is 8.45. The smallest absolute Gasteiger partial charge is 0.220 e. The molecule has 0 N–H and O–H groups in total. The van der Waals surface area contributed by atoms with Gasteiger partial charge in [0.25, 0.3) is 0 Å². The molecular formula is C22H25FN4OS. The number of anilines is 1. The predicted octanol–water partition coefficient (Wildman–Crippen LogP) is 4.18. The van der Waals surface area contributed by atoms with Gasteiger partial charge in [0.2, 0.25) is 11.9 Å². The number of nitrogens with zero attached hydrogens (tertiary/aromatic N) is 4. The van der Waals surface area contributed by atoms with Crippen molar-refractivity contribution < 1.29 is 9.18 Å². The summed E-state index contributed by atoms with van der Waals surface area (Å²) in [6.07, 6.45) is 3.21. The lowest BCUT2D eigenvalue weighted by Gasteiger charge is -2.35. The van der Waals surface area contributed by atoms with Gasteiger partial charge in [-0.3, -0.25) is 4.79 Å². The highest BCUT2D eigenvalue weighted by molar-refractivity contribution is 7.07. The quantitative estimate of drug-likeness (QED) is 0.646. The molecule has 29 heavy (non-hydrogen) atoms. The number of imidazole rings is 1. The summed E-state index contributed by atoms with van der Waals surface area (Å²) in [6.45, 7) is 4.23. The topological polar surface area (TPSA) is 41.4 Å². The minimum atomic E-state index is -0.236. The van der Waals surface area contributed by atoms with Gasteiger partial charge in [-0.1, -0.05) is 0 Å². The van der Waals surface area contributed by atoms with Crippen molar-refractivity contribution in [1.29, 1.82) is 0 Å². The van der Waals surface area contributed by atoms with Gasteiger partial charge in [-0.05, 0) is 65.3 Å². The zero-order valence-corrected chi connectivity index (χ0v) is 17.6. The summed E-state index contributed by atoms with van der Waals surface area (Å²) in [5, 5.41) is 4.19. The summed E-state index contributed by atoms with van der Waals surface area (Å²) in [7, 11) is 1.95. The molecule has 152 valence electrons. The maximum atomic E-state index is 13.6. The third kappa shape index (κ3) is 3.21. The van der Waals surface area contributed by atoms with Crippen LogP contribution in [-0.2, 0) is 18.4 Å². The van der Waals surface area contributed by atoms with Crippen LogP contribution in [0.5, 0.6) is 0 Å². The van der Waals surface area contributed by atoms with E-state index >= 15 is 0 Å². The summed E-state index contributed by atoms with van der Waals surface area (Å²) >= 11 is 1.68. The number of piperidine rings is 1. The number of aryl methyl sites for hydroxylation is 1. The third-order valence-electron chi connectivity index (χ3n) is 6.72. The van der Waals surface area contributed by atoms with Gasteiger partial charge in [0.1, 0.15) is 5.82 Å². The number of hydrogen-bond acceptors (Lipinski definition) is 4. The molecule has 1 atom stereocenters. The first-order valence-electron chi connectivity index (χ1n) is 10.1. The average molecular weight is 413 g/mol. The fourth-order valence-electron chi connectivity index (χ4n) is 4.91. The predicted molar refractivity (Wildman–Crippen MR) is 114 cm³/mol. The van der Waals surface area contributed by atoms with E-state index in [0.29, 0.717) is 12.6 Å². The van der Waals surface area contributed by atoms with Crippen LogP contribution in [0.1, 0.15) is 31.7 Å². The van der Waals surface area contributed by atoms with Gasteiger partial charge in [-0.2, -0.15) is 11.3 Å². The maximum absolute atomic E-state index is 13.6. The fraction of sp³-hybridized carbons (Fsp3) is 0.455. The SMILES string of the molecule is CC(=O)N(Cc1ccsc1)C1CC12CCN(c1nc3ccc(F)cc3n1C)CC2. The molecule has 1 unspecified atom stereocenters. The molecule has 7 heteroatoms. The lowest BCUT2D eigenvalue weighted by molar-refractivity contribution is -0.130. The van der Waals surface area contributed by atoms with E-state index < -0.39 is 0 Å². The Bertz CT molecular complexity index is 1050. The molecule has 1 amide bonds. The molecular weight excluding hydrogens is 387 g/mol. The van der Waals surface area contributed by atoms with Crippen molar-refractivity contribution in [2.75, 3.05) is 18.0 Å². The number of thiophene rings is 1. The van der Waals surface area contributed by atoms with Crippen LogP contribution in [0, 0.1) is 11.2 Å². The molecule has 0 bridgehead atoms. The molecule has 5 nitrogen and oxygen atoms in total. The molecule has 2 aliphatic rings. The van der Waals surface area contributed by atoms with Crippen molar-refractivity contribution in [3.8, 4) is 0 Å². The van der Waals surface area contributed by atoms with Crippen molar-refractivity contribution >= 4 is 34.2 Å². The Morgan fingerprint density at radius 3 is 2.83 bits per heavy atom. The summed E-state index contributed by atoms with van der Waals surface area (Å²) in [6, 6.07) is 7.20. The summed E-state index contributed by atoms with van der Waals surface area (Å²) in [5.41, 5.74) is 3.11. The van der Waals surface area contributed by atoms with E-state index in [2.05, 4.69) is 26.6 Å². The van der Waals surface area contributed by atoms with Crippen LogP contribution < -0.4 is 4.90 Å². The van der Waals surface area contributed by atoms with Crippen LogP contribution in [-0.4, -0.2) is 39.5 Å². The van der Waals surface area contributed by atoms with Crippen molar-refractivity contribution in [1.82, 2.24) is 14.5 Å². The Kier molecular flexibility index (Phi) is 4.38. The van der Waals surface area contributed by atoms with Crippen LogP contribution in [0.4, 0.5) is 10.3 Å². The Hall–Kier alpha value is -2.41. The minimum absolute atomic E-state index is 0.165. The monoisotopic (exact) mass is 412 g/mol. The first-order valence-corrected chi connectivity index (χ1v) is 11.1. The Labute approximate surface area is 173 Å². The number of rotatable bonds is 4. The lowest BCUT2D eigenvalue weighted by atomic mass is 9.92. The van der Waals surface area contributed by atoms with E-state index in [1.165, 1.54) is 11.6 Å². The van der Waals surface area contributed by atoms with Crippen molar-refractivity contribution in [2.24, 2.45) is 12.5 Å². The molecule has 1 aromatic carbocycles. The molecule has 3 aromatic rings. The Morgan fingerprint density at radius 2 is 2.14 bits per heavy atom. The second kappa shape index (κ2) is 6.83. The molecule has 1 saturated heterocycles.